The van der Waals surface area contributed by atoms with Crippen LogP contribution in [0.3, 0.4) is 0 Å². The Morgan fingerprint density at radius 3 is 2.31 bits per heavy atom. The number of aromatic nitrogens is 3. The molecule has 0 spiro atoms. The number of imide groups is 1. The molecule has 2 aliphatic heterocycles. The molecule has 2 aromatic heterocycles. The van der Waals surface area contributed by atoms with Gasteiger partial charge in [0.15, 0.2) is 17.7 Å². The first kappa shape index (κ1) is 41.0. The van der Waals surface area contributed by atoms with Crippen LogP contribution in [0, 0.1) is 12.7 Å². The number of alkyl halides is 2. The minimum Gasteiger partial charge on any atom is -0.485 e. The van der Waals surface area contributed by atoms with Gasteiger partial charge in [-0.3, -0.25) is 9.59 Å². The van der Waals surface area contributed by atoms with Gasteiger partial charge in [-0.15, -0.1) is 0 Å². The highest BCUT2D eigenvalue weighted by Crippen LogP contribution is 2.46. The van der Waals surface area contributed by atoms with Crippen LogP contribution in [-0.2, 0) is 9.53 Å². The normalized spacial score (nSPS) is 16.6. The van der Waals surface area contributed by atoms with E-state index < -0.39 is 60.9 Å². The van der Waals surface area contributed by atoms with Crippen molar-refractivity contribution in [2.24, 2.45) is 0 Å². The number of benzene rings is 5. The van der Waals surface area contributed by atoms with Crippen LogP contribution in [-0.4, -0.2) is 87.1 Å². The molecule has 3 N–H and O–H groups in total. The molecule has 7 aromatic rings. The number of H-pyrrole nitrogens is 1. The van der Waals surface area contributed by atoms with Gasteiger partial charge in [0.2, 0.25) is 5.78 Å². The summed E-state index contributed by atoms with van der Waals surface area (Å²) in [5.41, 5.74) is 11.6. The highest BCUT2D eigenvalue weighted by atomic mass is 19.3. The van der Waals surface area contributed by atoms with E-state index in [4.69, 9.17) is 19.9 Å². The first-order chi connectivity index (χ1) is 31.4. The molecule has 4 heterocycles. The van der Waals surface area contributed by atoms with Crippen LogP contribution in [0.2, 0.25) is 0 Å². The van der Waals surface area contributed by atoms with E-state index in [0.29, 0.717) is 27.9 Å². The molecule has 2 fully saturated rings. The summed E-state index contributed by atoms with van der Waals surface area (Å²) >= 11 is 0. The fourth-order valence-electron chi connectivity index (χ4n) is 8.87. The SMILES string of the molecule is Cc1cc(Oc2ccccc2F)ccc1-n1ncc(C(=O)c2cc3cc(OCC(F)F)c(N4C(=O)[C@@H]5C[C@H](N(C)C(=O)OC6c7ccccc7-c7ccccc76)CN5C4=O)cc3[nH]2)c1N. The standard InChI is InChI=1S/C48H38F3N7O7/c1-25-17-28(64-40-14-8-7-13-34(40)49)15-16-37(25)58-45(52)33(22-53-58)43(59)36-18-26-19-41(63-24-42(50)51)38(21-35(26)54-36)57-46(60)39-20-27(23-56(39)47(57)61)55(2)48(62)65-44-31-11-5-3-9-29(31)30-10-4-6-12-32(30)44/h3-19,21-22,27,39,42,44,54H,20,23-24,52H2,1-2H3/t27-,39-/m0/s1. The predicted octanol–water partition coefficient (Wildman–Crippen LogP) is 8.80. The van der Waals surface area contributed by atoms with Crippen molar-refractivity contribution in [1.29, 1.82) is 0 Å². The number of para-hydroxylation sites is 1. The number of rotatable bonds is 11. The van der Waals surface area contributed by atoms with Gasteiger partial charge in [-0.2, -0.15) is 5.10 Å². The number of ketones is 1. The average Bonchev–Trinajstić information content (AvgIpc) is 4.12. The third-order valence-electron chi connectivity index (χ3n) is 12.1. The Balaban J connectivity index is 0.872. The van der Waals surface area contributed by atoms with Crippen LogP contribution in [0.5, 0.6) is 17.2 Å². The lowest BCUT2D eigenvalue weighted by Gasteiger charge is -2.27. The summed E-state index contributed by atoms with van der Waals surface area (Å²) in [6.45, 7) is 0.749. The Hall–Kier alpha value is -8.08. The van der Waals surface area contributed by atoms with Gasteiger partial charge in [0.25, 0.3) is 12.3 Å². The number of nitrogens with one attached hydrogen (secondary N) is 1. The average molecular weight is 882 g/mol. The second kappa shape index (κ2) is 15.9. The van der Waals surface area contributed by atoms with Gasteiger partial charge >= 0.3 is 12.1 Å². The van der Waals surface area contributed by atoms with Crippen molar-refractivity contribution in [3.63, 3.8) is 0 Å². The van der Waals surface area contributed by atoms with Gasteiger partial charge in [0.05, 0.1) is 34.9 Å². The number of aryl methyl sites for hydroxylation is 1. The molecule has 65 heavy (non-hydrogen) atoms. The fraction of sp³-hybridized carbons (Fsp3) is 0.188. The van der Waals surface area contributed by atoms with E-state index in [0.717, 1.165) is 27.2 Å². The van der Waals surface area contributed by atoms with Gasteiger partial charge < -0.3 is 34.7 Å². The minimum absolute atomic E-state index is 0.00598. The zero-order valence-electron chi connectivity index (χ0n) is 34.7. The predicted molar refractivity (Wildman–Crippen MR) is 232 cm³/mol. The molecule has 0 bridgehead atoms. The van der Waals surface area contributed by atoms with E-state index in [-0.39, 0.29) is 47.2 Å². The fourth-order valence-corrected chi connectivity index (χ4v) is 8.87. The molecule has 14 nitrogen and oxygen atoms in total. The number of carbonyl (C=O) groups is 4. The summed E-state index contributed by atoms with van der Waals surface area (Å²) in [6, 6.07) is 28.3. The van der Waals surface area contributed by atoms with Gasteiger partial charge in [-0.1, -0.05) is 60.7 Å². The highest BCUT2D eigenvalue weighted by Gasteiger charge is 2.53. The number of nitrogens with zero attached hydrogens (tertiary/aromatic N) is 5. The smallest absolute Gasteiger partial charge is 0.410 e. The third kappa shape index (κ3) is 7.04. The third-order valence-corrected chi connectivity index (χ3v) is 12.1. The first-order valence-corrected chi connectivity index (χ1v) is 20.6. The Morgan fingerprint density at radius 2 is 1.62 bits per heavy atom. The maximum atomic E-state index is 14.2. The summed E-state index contributed by atoms with van der Waals surface area (Å²) < 4.78 is 59.9. The summed E-state index contributed by atoms with van der Waals surface area (Å²) in [5.74, 6) is -1.45. The Morgan fingerprint density at radius 1 is 0.908 bits per heavy atom. The van der Waals surface area contributed by atoms with Gasteiger partial charge in [-0.25, -0.2) is 32.3 Å². The number of nitrogens with two attached hydrogens (primary N) is 1. The number of hydrogen-bond acceptors (Lipinski definition) is 9. The van der Waals surface area contributed by atoms with Crippen molar-refractivity contribution in [3.05, 3.63) is 149 Å². The Labute approximate surface area is 368 Å². The number of anilines is 2. The number of fused-ring (bicyclic) bond motifs is 5. The van der Waals surface area contributed by atoms with Crippen molar-refractivity contribution in [1.82, 2.24) is 24.6 Å². The van der Waals surface area contributed by atoms with Crippen molar-refractivity contribution in [2.45, 2.75) is 38.0 Å². The number of carbonyl (C=O) groups excluding carboxylic acids is 4. The number of amides is 4. The van der Waals surface area contributed by atoms with Crippen LogP contribution >= 0.6 is 0 Å². The van der Waals surface area contributed by atoms with E-state index in [1.807, 2.05) is 48.5 Å². The van der Waals surface area contributed by atoms with Crippen LogP contribution < -0.4 is 20.1 Å². The lowest BCUT2D eigenvalue weighted by molar-refractivity contribution is -0.119. The molecule has 328 valence electrons. The lowest BCUT2D eigenvalue weighted by Crippen LogP contribution is -2.42. The van der Waals surface area contributed by atoms with Crippen LogP contribution in [0.15, 0.2) is 115 Å². The van der Waals surface area contributed by atoms with Crippen LogP contribution in [0.1, 0.15) is 45.3 Å². The second-order valence-corrected chi connectivity index (χ2v) is 16.0. The number of likely N-dealkylation sites (N-methyl/N-ethyl adjacent to an activating group) is 1. The number of urea groups is 1. The van der Waals surface area contributed by atoms with Gasteiger partial charge in [-0.05, 0) is 78.6 Å². The van der Waals surface area contributed by atoms with E-state index in [1.165, 1.54) is 51.0 Å². The zero-order chi connectivity index (χ0) is 45.3. The number of halogens is 3. The number of ether oxygens (including phenoxy) is 3. The molecular formula is C48H38F3N7O7. The maximum absolute atomic E-state index is 14.2. The molecule has 17 heteroatoms. The minimum atomic E-state index is -2.88. The Bertz CT molecular complexity index is 3030. The first-order valence-electron chi connectivity index (χ1n) is 20.6. The monoisotopic (exact) mass is 881 g/mol. The molecule has 0 radical (unpaired) electrons. The second-order valence-electron chi connectivity index (χ2n) is 16.0. The summed E-state index contributed by atoms with van der Waals surface area (Å²) in [6.07, 6.45) is -2.74. The summed E-state index contributed by atoms with van der Waals surface area (Å²) in [4.78, 5) is 62.5. The van der Waals surface area contributed by atoms with Crippen molar-refractivity contribution < 1.29 is 46.6 Å². The van der Waals surface area contributed by atoms with Crippen molar-refractivity contribution >= 4 is 46.2 Å². The van der Waals surface area contributed by atoms with Crippen LogP contribution in [0.25, 0.3) is 27.7 Å². The number of aromatic amines is 1. The molecule has 3 aliphatic rings. The Kier molecular flexibility index (Phi) is 10.0. The molecule has 0 unspecified atom stereocenters. The summed E-state index contributed by atoms with van der Waals surface area (Å²) in [5, 5.41) is 4.72. The van der Waals surface area contributed by atoms with Gasteiger partial charge in [0, 0.05) is 35.6 Å². The zero-order valence-corrected chi connectivity index (χ0v) is 34.7. The molecule has 2 saturated heterocycles. The molecule has 0 saturated carbocycles. The van der Waals surface area contributed by atoms with E-state index in [1.54, 1.807) is 44.3 Å². The van der Waals surface area contributed by atoms with Crippen molar-refractivity contribution in [2.75, 3.05) is 30.8 Å². The molecule has 10 rings (SSSR count). The van der Waals surface area contributed by atoms with Gasteiger partial charge in [0.1, 0.15) is 30.0 Å². The lowest BCUT2D eigenvalue weighted by atomic mass is 10.1. The van der Waals surface area contributed by atoms with Crippen molar-refractivity contribution in [3.8, 4) is 34.1 Å². The molecule has 4 amide bonds. The quantitative estimate of drug-likeness (QED) is 0.0954. The van der Waals surface area contributed by atoms with E-state index in [9.17, 15) is 32.3 Å². The summed E-state index contributed by atoms with van der Waals surface area (Å²) in [7, 11) is 1.56. The molecule has 5 aromatic carbocycles. The van der Waals surface area contributed by atoms with Crippen LogP contribution in [0.4, 0.5) is 34.3 Å². The molecule has 2 atom stereocenters. The molecule has 1 aliphatic carbocycles. The molecular weight excluding hydrogens is 844 g/mol. The van der Waals surface area contributed by atoms with E-state index >= 15 is 0 Å². The number of hydrogen-bond donors (Lipinski definition) is 2. The largest absolute Gasteiger partial charge is 0.485 e. The highest BCUT2D eigenvalue weighted by molar-refractivity contribution is 6.23. The topological polar surface area (TPSA) is 165 Å². The van der Waals surface area contributed by atoms with E-state index in [2.05, 4.69) is 10.1 Å². The number of nitrogen functional groups attached to an aromatic ring is 1. The maximum Gasteiger partial charge on any atom is 0.410 e.